The van der Waals surface area contributed by atoms with E-state index < -0.39 is 0 Å². The van der Waals surface area contributed by atoms with Gasteiger partial charge in [0.25, 0.3) is 0 Å². The highest BCUT2D eigenvalue weighted by molar-refractivity contribution is 5.59. The molecule has 1 aromatic carbocycles. The number of nitrogens with zero attached hydrogens (tertiary/aromatic N) is 2. The fourth-order valence-corrected chi connectivity index (χ4v) is 2.17. The van der Waals surface area contributed by atoms with Gasteiger partial charge < -0.3 is 10.6 Å². The lowest BCUT2D eigenvalue weighted by atomic mass is 10.1. The van der Waals surface area contributed by atoms with E-state index in [1.165, 1.54) is 12.1 Å². The molecule has 0 aliphatic carbocycles. The molecule has 19 heavy (non-hydrogen) atoms. The first-order valence-electron chi connectivity index (χ1n) is 6.38. The van der Waals surface area contributed by atoms with E-state index >= 15 is 0 Å². The molecular formula is C14H15FN4. The minimum atomic E-state index is -0.247. The number of hydrogen-bond acceptors (Lipinski definition) is 4. The first-order valence-corrected chi connectivity index (χ1v) is 6.38. The third-order valence-corrected chi connectivity index (χ3v) is 3.22. The molecule has 0 saturated carbocycles. The maximum atomic E-state index is 12.8. The van der Waals surface area contributed by atoms with Gasteiger partial charge in [0.05, 0.1) is 5.69 Å². The van der Waals surface area contributed by atoms with Crippen LogP contribution < -0.4 is 10.6 Å². The molecule has 5 heteroatoms. The number of aromatic nitrogens is 2. The van der Waals surface area contributed by atoms with Gasteiger partial charge in [-0.2, -0.15) is 0 Å². The summed E-state index contributed by atoms with van der Waals surface area (Å²) >= 11 is 0. The number of hydrogen-bond donors (Lipinski definition) is 2. The van der Waals surface area contributed by atoms with Crippen molar-refractivity contribution in [1.29, 1.82) is 0 Å². The molecule has 1 aromatic heterocycles. The highest BCUT2D eigenvalue weighted by Crippen LogP contribution is 2.18. The highest BCUT2D eigenvalue weighted by atomic mass is 19.1. The van der Waals surface area contributed by atoms with E-state index in [0.717, 1.165) is 36.6 Å². The Bertz CT molecular complexity index is 532. The van der Waals surface area contributed by atoms with E-state index in [1.807, 2.05) is 12.1 Å². The number of nitrogens with one attached hydrogen (secondary N) is 2. The van der Waals surface area contributed by atoms with Gasteiger partial charge in [0.15, 0.2) is 0 Å². The zero-order valence-electron chi connectivity index (χ0n) is 10.4. The van der Waals surface area contributed by atoms with E-state index in [4.69, 9.17) is 0 Å². The van der Waals surface area contributed by atoms with E-state index in [1.54, 1.807) is 12.1 Å². The third kappa shape index (κ3) is 2.88. The van der Waals surface area contributed by atoms with Crippen molar-refractivity contribution in [2.24, 2.45) is 0 Å². The van der Waals surface area contributed by atoms with Gasteiger partial charge in [0, 0.05) is 18.2 Å². The van der Waals surface area contributed by atoms with Crippen LogP contribution in [0.1, 0.15) is 6.42 Å². The summed E-state index contributed by atoms with van der Waals surface area (Å²) in [6, 6.07) is 10.5. The first-order chi connectivity index (χ1) is 9.31. The van der Waals surface area contributed by atoms with Crippen molar-refractivity contribution in [3.8, 4) is 11.3 Å². The van der Waals surface area contributed by atoms with Crippen molar-refractivity contribution in [2.75, 3.05) is 18.4 Å². The predicted octanol–water partition coefficient (Wildman–Crippen LogP) is 2.06. The van der Waals surface area contributed by atoms with Crippen LogP contribution in [0.4, 0.5) is 10.2 Å². The lowest BCUT2D eigenvalue weighted by Gasteiger charge is -2.11. The van der Waals surface area contributed by atoms with Crippen LogP contribution >= 0.6 is 0 Å². The Balaban J connectivity index is 1.72. The summed E-state index contributed by atoms with van der Waals surface area (Å²) in [5, 5.41) is 14.9. The maximum absolute atomic E-state index is 12.8. The minimum Gasteiger partial charge on any atom is -0.365 e. The van der Waals surface area contributed by atoms with Crippen LogP contribution in [0.3, 0.4) is 0 Å². The van der Waals surface area contributed by atoms with Gasteiger partial charge in [-0.05, 0) is 49.4 Å². The Morgan fingerprint density at radius 2 is 1.95 bits per heavy atom. The molecule has 0 amide bonds. The quantitative estimate of drug-likeness (QED) is 0.884. The molecule has 0 bridgehead atoms. The van der Waals surface area contributed by atoms with Crippen LogP contribution in [-0.4, -0.2) is 29.3 Å². The van der Waals surface area contributed by atoms with Gasteiger partial charge in [-0.25, -0.2) is 4.39 Å². The molecule has 2 aromatic rings. The molecule has 1 aliphatic heterocycles. The molecule has 1 unspecified atom stereocenters. The zero-order valence-corrected chi connectivity index (χ0v) is 10.4. The van der Waals surface area contributed by atoms with Gasteiger partial charge >= 0.3 is 0 Å². The minimum absolute atomic E-state index is 0.247. The predicted molar refractivity (Wildman–Crippen MR) is 72.3 cm³/mol. The van der Waals surface area contributed by atoms with E-state index in [0.29, 0.717) is 6.04 Å². The molecular weight excluding hydrogens is 243 g/mol. The van der Waals surface area contributed by atoms with Crippen LogP contribution in [0.15, 0.2) is 36.4 Å². The molecule has 2 heterocycles. The summed E-state index contributed by atoms with van der Waals surface area (Å²) in [7, 11) is 0. The van der Waals surface area contributed by atoms with E-state index in [2.05, 4.69) is 20.8 Å². The zero-order chi connectivity index (χ0) is 13.1. The number of rotatable bonds is 3. The topological polar surface area (TPSA) is 49.8 Å². The molecule has 2 N–H and O–H groups in total. The van der Waals surface area contributed by atoms with Gasteiger partial charge in [0.1, 0.15) is 11.6 Å². The summed E-state index contributed by atoms with van der Waals surface area (Å²) < 4.78 is 12.8. The monoisotopic (exact) mass is 258 g/mol. The second kappa shape index (κ2) is 5.32. The van der Waals surface area contributed by atoms with Gasteiger partial charge in [-0.15, -0.1) is 10.2 Å². The van der Waals surface area contributed by atoms with Crippen LogP contribution in [0.25, 0.3) is 11.3 Å². The SMILES string of the molecule is Fc1ccc(-c2ccc(NC3CCNC3)nn2)cc1. The molecule has 0 spiro atoms. The third-order valence-electron chi connectivity index (χ3n) is 3.22. The number of halogens is 1. The maximum Gasteiger partial charge on any atom is 0.148 e. The Morgan fingerprint density at radius 1 is 1.11 bits per heavy atom. The average molecular weight is 258 g/mol. The van der Waals surface area contributed by atoms with Crippen LogP contribution in [-0.2, 0) is 0 Å². The summed E-state index contributed by atoms with van der Waals surface area (Å²) in [6.45, 7) is 2.00. The van der Waals surface area contributed by atoms with Gasteiger partial charge in [-0.1, -0.05) is 0 Å². The largest absolute Gasteiger partial charge is 0.365 e. The molecule has 3 rings (SSSR count). The Kier molecular flexibility index (Phi) is 3.37. The molecule has 98 valence electrons. The molecule has 1 atom stereocenters. The second-order valence-electron chi connectivity index (χ2n) is 4.64. The fraction of sp³-hybridized carbons (Fsp3) is 0.286. The average Bonchev–Trinajstić information content (AvgIpc) is 2.94. The molecule has 0 radical (unpaired) electrons. The Labute approximate surface area is 111 Å². The molecule has 4 nitrogen and oxygen atoms in total. The smallest absolute Gasteiger partial charge is 0.148 e. The standard InChI is InChI=1S/C14H15FN4/c15-11-3-1-10(2-4-11)13-5-6-14(19-18-13)17-12-7-8-16-9-12/h1-6,12,16H,7-9H2,(H,17,19). The van der Waals surface area contributed by atoms with Gasteiger partial charge in [-0.3, -0.25) is 0 Å². The molecule has 1 saturated heterocycles. The molecule has 1 fully saturated rings. The fourth-order valence-electron chi connectivity index (χ4n) is 2.17. The second-order valence-corrected chi connectivity index (χ2v) is 4.64. The van der Waals surface area contributed by atoms with Crippen molar-refractivity contribution in [2.45, 2.75) is 12.5 Å². The Morgan fingerprint density at radius 3 is 2.58 bits per heavy atom. The highest BCUT2D eigenvalue weighted by Gasteiger charge is 2.14. The van der Waals surface area contributed by atoms with Crippen molar-refractivity contribution in [1.82, 2.24) is 15.5 Å². The normalized spacial score (nSPS) is 18.5. The van der Waals surface area contributed by atoms with E-state index in [9.17, 15) is 4.39 Å². The van der Waals surface area contributed by atoms with Crippen molar-refractivity contribution in [3.05, 3.63) is 42.2 Å². The van der Waals surface area contributed by atoms with Gasteiger partial charge in [0.2, 0.25) is 0 Å². The summed E-state index contributed by atoms with van der Waals surface area (Å²) in [5.41, 5.74) is 1.61. The summed E-state index contributed by atoms with van der Waals surface area (Å²) in [6.07, 6.45) is 1.10. The number of benzene rings is 1. The van der Waals surface area contributed by atoms with Crippen LogP contribution in [0, 0.1) is 5.82 Å². The van der Waals surface area contributed by atoms with Crippen molar-refractivity contribution < 1.29 is 4.39 Å². The van der Waals surface area contributed by atoms with E-state index in [-0.39, 0.29) is 5.82 Å². The lowest BCUT2D eigenvalue weighted by molar-refractivity contribution is 0.628. The number of anilines is 1. The molecule has 1 aliphatic rings. The van der Waals surface area contributed by atoms with Crippen molar-refractivity contribution >= 4 is 5.82 Å². The summed E-state index contributed by atoms with van der Waals surface area (Å²) in [4.78, 5) is 0. The lowest BCUT2D eigenvalue weighted by Crippen LogP contribution is -2.22. The van der Waals surface area contributed by atoms with Crippen LogP contribution in [0.2, 0.25) is 0 Å². The first kappa shape index (κ1) is 12.0. The Hall–Kier alpha value is -2.01. The summed E-state index contributed by atoms with van der Waals surface area (Å²) in [5.74, 6) is 0.531. The van der Waals surface area contributed by atoms with Crippen LogP contribution in [0.5, 0.6) is 0 Å². The van der Waals surface area contributed by atoms with Crippen molar-refractivity contribution in [3.63, 3.8) is 0 Å².